The molecule has 0 aromatic heterocycles. The molecule has 138 valence electrons. The first-order valence-electron chi connectivity index (χ1n) is 8.41. The van der Waals surface area contributed by atoms with E-state index in [0.29, 0.717) is 23.7 Å². The molecule has 25 heavy (non-hydrogen) atoms. The average Bonchev–Trinajstić information content (AvgIpc) is 3.33. The zero-order valence-electron chi connectivity index (χ0n) is 15.7. The molecule has 1 fully saturated rings. The molecule has 1 aromatic carbocycles. The van der Waals surface area contributed by atoms with E-state index in [4.69, 9.17) is 18.9 Å². The lowest BCUT2D eigenvalue weighted by Crippen LogP contribution is -2.24. The van der Waals surface area contributed by atoms with E-state index in [-0.39, 0.29) is 30.4 Å². The molecule has 0 saturated carbocycles. The predicted molar refractivity (Wildman–Crippen MR) is 91.6 cm³/mol. The lowest BCUT2D eigenvalue weighted by molar-refractivity contribution is -0.149. The Morgan fingerprint density at radius 2 is 1.72 bits per heavy atom. The van der Waals surface area contributed by atoms with Crippen LogP contribution in [-0.4, -0.2) is 32.3 Å². The van der Waals surface area contributed by atoms with Crippen molar-refractivity contribution in [3.05, 3.63) is 23.3 Å². The number of ether oxygens (including phenoxy) is 4. The van der Waals surface area contributed by atoms with Crippen LogP contribution in [0.3, 0.4) is 0 Å². The normalized spacial score (nSPS) is 19.0. The van der Waals surface area contributed by atoms with Crippen molar-refractivity contribution in [3.8, 4) is 11.5 Å². The fraction of sp³-hybridized carbons (Fsp3) is 0.579. The molecule has 0 bridgehead atoms. The Morgan fingerprint density at radius 3 is 2.20 bits per heavy atom. The van der Waals surface area contributed by atoms with Gasteiger partial charge < -0.3 is 18.9 Å². The molecule has 6 heteroatoms. The SMILES string of the molecule is COc1cc(C2(COC(=O)C(C)C)CO2)c(OC(=O)C(C)C)cc1C. The van der Waals surface area contributed by atoms with Gasteiger partial charge in [-0.25, -0.2) is 0 Å². The quantitative estimate of drug-likeness (QED) is 0.427. The van der Waals surface area contributed by atoms with E-state index in [9.17, 15) is 9.59 Å². The van der Waals surface area contributed by atoms with Crippen molar-refractivity contribution < 1.29 is 28.5 Å². The zero-order chi connectivity index (χ0) is 18.8. The van der Waals surface area contributed by atoms with Gasteiger partial charge in [-0.05, 0) is 24.6 Å². The monoisotopic (exact) mass is 350 g/mol. The summed E-state index contributed by atoms with van der Waals surface area (Å²) in [6.07, 6.45) is 0. The molecule has 0 spiro atoms. The summed E-state index contributed by atoms with van der Waals surface area (Å²) in [5.74, 6) is -0.0401. The van der Waals surface area contributed by atoms with E-state index in [0.717, 1.165) is 5.56 Å². The van der Waals surface area contributed by atoms with Gasteiger partial charge in [0.2, 0.25) is 0 Å². The van der Waals surface area contributed by atoms with Gasteiger partial charge in [-0.3, -0.25) is 9.59 Å². The molecule has 1 saturated heterocycles. The summed E-state index contributed by atoms with van der Waals surface area (Å²) in [5, 5.41) is 0. The molecule has 1 heterocycles. The standard InChI is InChI=1S/C19H26O6/c1-11(2)17(20)23-9-19(10-24-19)14-8-15(22-6)13(5)7-16(14)25-18(21)12(3)4/h7-8,11-12H,9-10H2,1-6H3. The second-order valence-electron chi connectivity index (χ2n) is 6.94. The predicted octanol–water partition coefficient (Wildman–Crippen LogP) is 2.99. The van der Waals surface area contributed by atoms with Crippen molar-refractivity contribution in [1.82, 2.24) is 0 Å². The molecule has 1 aliphatic rings. The largest absolute Gasteiger partial charge is 0.496 e. The van der Waals surface area contributed by atoms with Crippen molar-refractivity contribution >= 4 is 11.9 Å². The van der Waals surface area contributed by atoms with Crippen LogP contribution in [-0.2, 0) is 24.7 Å². The van der Waals surface area contributed by atoms with Gasteiger partial charge in [0.1, 0.15) is 18.1 Å². The van der Waals surface area contributed by atoms with Crippen molar-refractivity contribution in [2.24, 2.45) is 11.8 Å². The van der Waals surface area contributed by atoms with E-state index in [2.05, 4.69) is 0 Å². The number of aryl methyl sites for hydroxylation is 1. The molecular weight excluding hydrogens is 324 g/mol. The Balaban J connectivity index is 2.33. The highest BCUT2D eigenvalue weighted by Gasteiger charge is 2.50. The maximum atomic E-state index is 12.1. The van der Waals surface area contributed by atoms with Crippen LogP contribution < -0.4 is 9.47 Å². The molecule has 0 aliphatic carbocycles. The minimum Gasteiger partial charge on any atom is -0.496 e. The van der Waals surface area contributed by atoms with Crippen molar-refractivity contribution in [2.45, 2.75) is 40.2 Å². The molecule has 1 aromatic rings. The van der Waals surface area contributed by atoms with Gasteiger partial charge in [0.15, 0.2) is 5.60 Å². The molecule has 1 unspecified atom stereocenters. The van der Waals surface area contributed by atoms with Gasteiger partial charge in [0.25, 0.3) is 0 Å². The summed E-state index contributed by atoms with van der Waals surface area (Å²) < 4.78 is 21.9. The van der Waals surface area contributed by atoms with Crippen LogP contribution in [0.2, 0.25) is 0 Å². The molecule has 2 rings (SSSR count). The Bertz CT molecular complexity index is 658. The topological polar surface area (TPSA) is 74.4 Å². The van der Waals surface area contributed by atoms with Crippen LogP contribution in [0.1, 0.15) is 38.8 Å². The summed E-state index contributed by atoms with van der Waals surface area (Å²) in [5.41, 5.74) is 0.700. The van der Waals surface area contributed by atoms with Crippen LogP contribution in [0.25, 0.3) is 0 Å². The number of methoxy groups -OCH3 is 1. The highest BCUT2D eigenvalue weighted by Crippen LogP contribution is 2.46. The van der Waals surface area contributed by atoms with Crippen LogP contribution in [0.15, 0.2) is 12.1 Å². The number of esters is 2. The minimum absolute atomic E-state index is 0.0719. The summed E-state index contributed by atoms with van der Waals surface area (Å²) >= 11 is 0. The number of rotatable bonds is 7. The molecule has 0 amide bonds. The smallest absolute Gasteiger partial charge is 0.313 e. The first kappa shape index (κ1) is 19.2. The van der Waals surface area contributed by atoms with Crippen LogP contribution in [0.5, 0.6) is 11.5 Å². The van der Waals surface area contributed by atoms with E-state index in [1.54, 1.807) is 46.9 Å². The fourth-order valence-electron chi connectivity index (χ4n) is 2.31. The van der Waals surface area contributed by atoms with Crippen LogP contribution in [0.4, 0.5) is 0 Å². The second kappa shape index (κ2) is 7.44. The summed E-state index contributed by atoms with van der Waals surface area (Å²) in [6, 6.07) is 3.54. The lowest BCUT2D eigenvalue weighted by atomic mass is 9.97. The third-order valence-electron chi connectivity index (χ3n) is 4.08. The number of hydrogen-bond acceptors (Lipinski definition) is 6. The highest BCUT2D eigenvalue weighted by atomic mass is 16.6. The number of benzene rings is 1. The first-order valence-corrected chi connectivity index (χ1v) is 8.41. The molecule has 1 atom stereocenters. The molecule has 0 radical (unpaired) electrons. The van der Waals surface area contributed by atoms with Gasteiger partial charge in [-0.2, -0.15) is 0 Å². The minimum atomic E-state index is -0.794. The van der Waals surface area contributed by atoms with Crippen molar-refractivity contribution in [1.29, 1.82) is 0 Å². The van der Waals surface area contributed by atoms with Gasteiger partial charge in [-0.15, -0.1) is 0 Å². The number of epoxide rings is 1. The third kappa shape index (κ3) is 4.31. The van der Waals surface area contributed by atoms with Gasteiger partial charge >= 0.3 is 11.9 Å². The maximum absolute atomic E-state index is 12.1. The molecular formula is C19H26O6. The fourth-order valence-corrected chi connectivity index (χ4v) is 2.31. The Labute approximate surface area is 148 Å². The van der Waals surface area contributed by atoms with Crippen molar-refractivity contribution in [3.63, 3.8) is 0 Å². The molecule has 1 aliphatic heterocycles. The number of hydrogen-bond donors (Lipinski definition) is 0. The lowest BCUT2D eigenvalue weighted by Gasteiger charge is -2.20. The van der Waals surface area contributed by atoms with Crippen LogP contribution in [0, 0.1) is 18.8 Å². The summed E-state index contributed by atoms with van der Waals surface area (Å²) in [4.78, 5) is 23.8. The highest BCUT2D eigenvalue weighted by molar-refractivity contribution is 5.75. The summed E-state index contributed by atoms with van der Waals surface area (Å²) in [7, 11) is 1.57. The second-order valence-corrected chi connectivity index (χ2v) is 6.94. The van der Waals surface area contributed by atoms with Gasteiger partial charge in [0, 0.05) is 5.56 Å². The number of carbonyl (C=O) groups is 2. The Hall–Kier alpha value is -2.08. The molecule has 6 nitrogen and oxygen atoms in total. The van der Waals surface area contributed by atoms with E-state index >= 15 is 0 Å². The average molecular weight is 350 g/mol. The van der Waals surface area contributed by atoms with E-state index in [1.807, 2.05) is 6.92 Å². The van der Waals surface area contributed by atoms with Gasteiger partial charge in [0.05, 0.1) is 25.6 Å². The van der Waals surface area contributed by atoms with Gasteiger partial charge in [-0.1, -0.05) is 27.7 Å². The summed E-state index contributed by atoms with van der Waals surface area (Å²) in [6.45, 7) is 9.41. The zero-order valence-corrected chi connectivity index (χ0v) is 15.7. The maximum Gasteiger partial charge on any atom is 0.313 e. The van der Waals surface area contributed by atoms with E-state index < -0.39 is 5.60 Å². The third-order valence-corrected chi connectivity index (χ3v) is 4.08. The first-order chi connectivity index (χ1) is 11.7. The Kier molecular flexibility index (Phi) is 5.72. The van der Waals surface area contributed by atoms with Crippen LogP contribution >= 0.6 is 0 Å². The van der Waals surface area contributed by atoms with Crippen molar-refractivity contribution in [2.75, 3.05) is 20.3 Å². The molecule has 0 N–H and O–H groups in total. The number of carbonyl (C=O) groups excluding carboxylic acids is 2. The Morgan fingerprint density at radius 1 is 1.12 bits per heavy atom. The van der Waals surface area contributed by atoms with E-state index in [1.165, 1.54) is 0 Å².